The van der Waals surface area contributed by atoms with Gasteiger partial charge in [0.15, 0.2) is 11.4 Å². The van der Waals surface area contributed by atoms with Gasteiger partial charge in [-0.2, -0.15) is 13.2 Å². The number of benzene rings is 2. The van der Waals surface area contributed by atoms with Gasteiger partial charge in [0.2, 0.25) is 5.91 Å². The quantitative estimate of drug-likeness (QED) is 0.249. The van der Waals surface area contributed by atoms with Crippen LogP contribution < -0.4 is 10.1 Å². The highest BCUT2D eigenvalue weighted by Gasteiger charge is 2.35. The SMILES string of the molecule is CC(C)(C)OC(=O)C(C)(C)Oc1ccc(CCCC(=O)Nc2cnc(-c3ccc(C(F)(F)F)cc3)nc2C2CC2)cc1. The van der Waals surface area contributed by atoms with Crippen molar-refractivity contribution in [1.29, 1.82) is 0 Å². The van der Waals surface area contributed by atoms with Crippen LogP contribution >= 0.6 is 0 Å². The number of esters is 1. The van der Waals surface area contributed by atoms with E-state index in [1.807, 2.05) is 12.1 Å². The van der Waals surface area contributed by atoms with Crippen LogP contribution in [0.1, 0.15) is 83.0 Å². The molecule has 0 radical (unpaired) electrons. The molecule has 4 rings (SSSR count). The van der Waals surface area contributed by atoms with E-state index in [0.717, 1.165) is 30.5 Å². The van der Waals surface area contributed by atoms with E-state index in [-0.39, 0.29) is 18.2 Å². The minimum Gasteiger partial charge on any atom is -0.476 e. The Hall–Kier alpha value is -3.95. The van der Waals surface area contributed by atoms with E-state index in [1.165, 1.54) is 18.3 Å². The summed E-state index contributed by atoms with van der Waals surface area (Å²) < 4.78 is 50.0. The Labute approximate surface area is 243 Å². The summed E-state index contributed by atoms with van der Waals surface area (Å²) >= 11 is 0. The van der Waals surface area contributed by atoms with Gasteiger partial charge in [-0.05, 0) is 90.1 Å². The smallest absolute Gasteiger partial charge is 0.416 e. The van der Waals surface area contributed by atoms with Gasteiger partial charge >= 0.3 is 12.1 Å². The summed E-state index contributed by atoms with van der Waals surface area (Å²) in [6, 6.07) is 12.1. The van der Waals surface area contributed by atoms with E-state index in [4.69, 9.17) is 9.47 Å². The molecule has 1 amide bonds. The Morgan fingerprint density at radius 3 is 2.17 bits per heavy atom. The first-order chi connectivity index (χ1) is 19.6. The third kappa shape index (κ3) is 8.53. The molecule has 1 aliphatic carbocycles. The lowest BCUT2D eigenvalue weighted by Crippen LogP contribution is -2.43. The molecular weight excluding hydrogens is 547 g/mol. The van der Waals surface area contributed by atoms with Crippen LogP contribution in [-0.2, 0) is 26.9 Å². The number of carbonyl (C=O) groups excluding carboxylic acids is 2. The average molecular weight is 584 g/mol. The molecule has 1 aliphatic rings. The lowest BCUT2D eigenvalue weighted by molar-refractivity contribution is -0.171. The van der Waals surface area contributed by atoms with E-state index in [1.54, 1.807) is 46.8 Å². The number of hydrogen-bond donors (Lipinski definition) is 1. The summed E-state index contributed by atoms with van der Waals surface area (Å²) in [5.74, 6) is 0.444. The minimum atomic E-state index is -4.41. The number of alkyl halides is 3. The number of anilines is 1. The van der Waals surface area contributed by atoms with Crippen LogP contribution in [0.4, 0.5) is 18.9 Å². The first-order valence-corrected chi connectivity index (χ1v) is 14.0. The Kier molecular flexibility index (Phi) is 8.94. The van der Waals surface area contributed by atoms with Crippen LogP contribution in [0.25, 0.3) is 11.4 Å². The summed E-state index contributed by atoms with van der Waals surface area (Å²) in [6.07, 6.45) is 0.547. The van der Waals surface area contributed by atoms with Crippen molar-refractivity contribution in [1.82, 2.24) is 9.97 Å². The van der Waals surface area contributed by atoms with Gasteiger partial charge in [0, 0.05) is 17.9 Å². The topological polar surface area (TPSA) is 90.4 Å². The first-order valence-electron chi connectivity index (χ1n) is 14.0. The third-order valence-electron chi connectivity index (χ3n) is 6.58. The van der Waals surface area contributed by atoms with Gasteiger partial charge < -0.3 is 14.8 Å². The zero-order chi connectivity index (χ0) is 30.7. The number of hydrogen-bond acceptors (Lipinski definition) is 6. The molecule has 10 heteroatoms. The molecule has 0 unspecified atom stereocenters. The molecule has 0 spiro atoms. The number of nitrogens with zero attached hydrogens (tertiary/aromatic N) is 2. The zero-order valence-corrected chi connectivity index (χ0v) is 24.5. The number of halogens is 3. The highest BCUT2D eigenvalue weighted by atomic mass is 19.4. The highest BCUT2D eigenvalue weighted by molar-refractivity contribution is 5.91. The lowest BCUT2D eigenvalue weighted by atomic mass is 10.1. The fourth-order valence-electron chi connectivity index (χ4n) is 4.23. The van der Waals surface area contributed by atoms with Crippen LogP contribution in [0.3, 0.4) is 0 Å². The maximum atomic E-state index is 12.9. The van der Waals surface area contributed by atoms with Gasteiger partial charge in [-0.1, -0.05) is 24.3 Å². The van der Waals surface area contributed by atoms with Crippen molar-refractivity contribution in [3.63, 3.8) is 0 Å². The second kappa shape index (κ2) is 12.1. The molecule has 1 saturated carbocycles. The predicted molar refractivity (Wildman–Crippen MR) is 153 cm³/mol. The molecule has 2 aromatic carbocycles. The first kappa shape index (κ1) is 31.0. The second-order valence-electron chi connectivity index (χ2n) is 12.0. The number of amides is 1. The number of aromatic nitrogens is 2. The van der Waals surface area contributed by atoms with Gasteiger partial charge in [0.25, 0.3) is 0 Å². The zero-order valence-electron chi connectivity index (χ0n) is 24.5. The van der Waals surface area contributed by atoms with Crippen LogP contribution in [0.15, 0.2) is 54.7 Å². The van der Waals surface area contributed by atoms with Gasteiger partial charge in [-0.3, -0.25) is 4.79 Å². The molecular formula is C32H36F3N3O4. The molecule has 7 nitrogen and oxygen atoms in total. The lowest BCUT2D eigenvalue weighted by Gasteiger charge is -2.29. The van der Waals surface area contributed by atoms with Crippen LogP contribution in [-0.4, -0.2) is 33.0 Å². The van der Waals surface area contributed by atoms with Crippen molar-refractivity contribution in [3.8, 4) is 17.1 Å². The summed E-state index contributed by atoms with van der Waals surface area (Å²) in [5, 5.41) is 2.91. The van der Waals surface area contributed by atoms with Crippen molar-refractivity contribution in [2.24, 2.45) is 0 Å². The van der Waals surface area contributed by atoms with Crippen molar-refractivity contribution in [3.05, 3.63) is 71.5 Å². The standard InChI is InChI=1S/C32H36F3N3O4/c1-30(2,3)42-29(40)31(4,5)41-24-17-9-20(10-18-24)7-6-8-26(39)37-25-19-36-28(38-27(25)21-11-12-21)22-13-15-23(16-14-22)32(33,34)35/h9-10,13-19,21H,6-8,11-12H2,1-5H3,(H,37,39). The molecule has 0 atom stereocenters. The summed E-state index contributed by atoms with van der Waals surface area (Å²) in [4.78, 5) is 34.1. The number of carbonyl (C=O) groups is 2. The van der Waals surface area contributed by atoms with E-state index in [9.17, 15) is 22.8 Å². The minimum absolute atomic E-state index is 0.165. The molecule has 1 fully saturated rings. The molecule has 3 aromatic rings. The predicted octanol–water partition coefficient (Wildman–Crippen LogP) is 7.50. The summed E-state index contributed by atoms with van der Waals surface area (Å²) in [7, 11) is 0. The Bertz CT molecular complexity index is 1410. The maximum Gasteiger partial charge on any atom is 0.416 e. The van der Waals surface area contributed by atoms with Crippen LogP contribution in [0.5, 0.6) is 5.75 Å². The second-order valence-corrected chi connectivity index (χ2v) is 12.0. The molecule has 0 saturated heterocycles. The van der Waals surface area contributed by atoms with Gasteiger partial charge in [0.05, 0.1) is 23.1 Å². The average Bonchev–Trinajstić information content (AvgIpc) is 3.74. The van der Waals surface area contributed by atoms with Crippen molar-refractivity contribution in [2.75, 3.05) is 5.32 Å². The highest BCUT2D eigenvalue weighted by Crippen LogP contribution is 2.43. The van der Waals surface area contributed by atoms with Gasteiger partial charge in [-0.15, -0.1) is 0 Å². The number of rotatable bonds is 10. The molecule has 224 valence electrons. The molecule has 42 heavy (non-hydrogen) atoms. The maximum absolute atomic E-state index is 12.9. The van der Waals surface area contributed by atoms with Crippen molar-refractivity contribution in [2.45, 2.75) is 90.0 Å². The van der Waals surface area contributed by atoms with E-state index >= 15 is 0 Å². The van der Waals surface area contributed by atoms with E-state index in [0.29, 0.717) is 41.4 Å². The molecule has 0 bridgehead atoms. The molecule has 0 aliphatic heterocycles. The van der Waals surface area contributed by atoms with E-state index < -0.39 is 28.9 Å². The summed E-state index contributed by atoms with van der Waals surface area (Å²) in [5.41, 5.74) is 0.251. The Balaban J connectivity index is 1.30. The number of nitrogens with one attached hydrogen (secondary N) is 1. The normalized spacial score (nSPS) is 13.9. The molecule has 1 heterocycles. The monoisotopic (exact) mass is 583 g/mol. The van der Waals surface area contributed by atoms with Crippen molar-refractivity contribution < 1.29 is 32.2 Å². The van der Waals surface area contributed by atoms with Crippen LogP contribution in [0.2, 0.25) is 0 Å². The van der Waals surface area contributed by atoms with Crippen LogP contribution in [0, 0.1) is 0 Å². The molecule has 1 aromatic heterocycles. The van der Waals surface area contributed by atoms with Crippen molar-refractivity contribution >= 4 is 17.6 Å². The summed E-state index contributed by atoms with van der Waals surface area (Å²) in [6.45, 7) is 8.74. The Morgan fingerprint density at radius 1 is 0.952 bits per heavy atom. The number of aryl methyl sites for hydroxylation is 1. The molecule has 1 N–H and O–H groups in total. The fourth-order valence-corrected chi connectivity index (χ4v) is 4.23. The Morgan fingerprint density at radius 2 is 1.60 bits per heavy atom. The third-order valence-corrected chi connectivity index (χ3v) is 6.58. The number of ether oxygens (including phenoxy) is 2. The largest absolute Gasteiger partial charge is 0.476 e. The fraction of sp³-hybridized carbons (Fsp3) is 0.438. The van der Waals surface area contributed by atoms with Gasteiger partial charge in [0.1, 0.15) is 11.4 Å². The van der Waals surface area contributed by atoms with E-state index in [2.05, 4.69) is 15.3 Å². The van der Waals surface area contributed by atoms with Gasteiger partial charge in [-0.25, -0.2) is 14.8 Å².